The van der Waals surface area contributed by atoms with Gasteiger partial charge in [-0.25, -0.2) is 14.6 Å². The average Bonchev–Trinajstić information content (AvgIpc) is 2.14. The summed E-state index contributed by atoms with van der Waals surface area (Å²) < 4.78 is 5.15. The third-order valence-electron chi connectivity index (χ3n) is 1.92. The zero-order valence-electron chi connectivity index (χ0n) is 10.3. The lowest BCUT2D eigenvalue weighted by Crippen LogP contribution is -2.24. The molecule has 1 aromatic rings. The molecule has 5 heteroatoms. The van der Waals surface area contributed by atoms with Crippen molar-refractivity contribution >= 4 is 11.9 Å². The van der Waals surface area contributed by atoms with E-state index in [0.717, 1.165) is 0 Å². The lowest BCUT2D eigenvalue weighted by atomic mass is 10.1. The van der Waals surface area contributed by atoms with Crippen LogP contribution < -0.4 is 0 Å². The Bertz CT molecular complexity index is 460. The molecule has 0 radical (unpaired) electrons. The summed E-state index contributed by atoms with van der Waals surface area (Å²) in [4.78, 5) is 26.2. The van der Waals surface area contributed by atoms with E-state index in [1.807, 2.05) is 0 Å². The van der Waals surface area contributed by atoms with E-state index in [0.29, 0.717) is 5.56 Å². The first-order chi connectivity index (χ1) is 7.70. The van der Waals surface area contributed by atoms with Gasteiger partial charge < -0.3 is 9.84 Å². The highest BCUT2D eigenvalue weighted by Gasteiger charge is 2.19. The highest BCUT2D eigenvalue weighted by atomic mass is 16.6. The third-order valence-corrected chi connectivity index (χ3v) is 1.92. The third kappa shape index (κ3) is 3.55. The minimum atomic E-state index is -1.11. The fourth-order valence-electron chi connectivity index (χ4n) is 1.25. The van der Waals surface area contributed by atoms with Gasteiger partial charge >= 0.3 is 11.9 Å². The fraction of sp³-hybridized carbons (Fsp3) is 0.417. The van der Waals surface area contributed by atoms with Gasteiger partial charge in [-0.3, -0.25) is 0 Å². The van der Waals surface area contributed by atoms with Crippen molar-refractivity contribution in [1.29, 1.82) is 0 Å². The molecule has 0 unspecified atom stereocenters. The molecular formula is C12H15NO4. The first-order valence-electron chi connectivity index (χ1n) is 5.14. The van der Waals surface area contributed by atoms with Crippen LogP contribution in [0.2, 0.25) is 0 Å². The van der Waals surface area contributed by atoms with E-state index in [9.17, 15) is 9.59 Å². The molecule has 17 heavy (non-hydrogen) atoms. The van der Waals surface area contributed by atoms with Crippen molar-refractivity contribution in [2.45, 2.75) is 33.3 Å². The lowest BCUT2D eigenvalue weighted by Gasteiger charge is -2.19. The van der Waals surface area contributed by atoms with Crippen LogP contribution in [0.5, 0.6) is 0 Å². The maximum atomic E-state index is 11.7. The van der Waals surface area contributed by atoms with Gasteiger partial charge in [0.1, 0.15) is 5.60 Å². The summed E-state index contributed by atoms with van der Waals surface area (Å²) >= 11 is 0. The Labute approximate surface area is 99.4 Å². The first kappa shape index (κ1) is 13.2. The lowest BCUT2D eigenvalue weighted by molar-refractivity contribution is 0.00684. The summed E-state index contributed by atoms with van der Waals surface area (Å²) in [6.45, 7) is 6.87. The topological polar surface area (TPSA) is 76.5 Å². The molecular weight excluding hydrogens is 222 g/mol. The van der Waals surface area contributed by atoms with Gasteiger partial charge in [0, 0.05) is 6.20 Å². The van der Waals surface area contributed by atoms with E-state index in [2.05, 4.69) is 4.98 Å². The number of rotatable bonds is 2. The predicted molar refractivity (Wildman–Crippen MR) is 61.1 cm³/mol. The molecule has 0 aliphatic rings. The summed E-state index contributed by atoms with van der Waals surface area (Å²) in [5.41, 5.74) is 0.0387. The number of carboxylic acid groups (broad SMARTS) is 1. The molecule has 0 aliphatic carbocycles. The number of aromatic nitrogens is 1. The molecule has 1 rings (SSSR count). The SMILES string of the molecule is Cc1cc(C(=O)OC(C)(C)C)cnc1C(=O)O. The Hall–Kier alpha value is -1.91. The van der Waals surface area contributed by atoms with Crippen molar-refractivity contribution in [1.82, 2.24) is 4.98 Å². The van der Waals surface area contributed by atoms with Crippen LogP contribution in [0, 0.1) is 6.92 Å². The molecule has 92 valence electrons. The summed E-state index contributed by atoms with van der Waals surface area (Å²) in [6.07, 6.45) is 1.21. The molecule has 0 fully saturated rings. The van der Waals surface area contributed by atoms with Crippen LogP contribution in [0.25, 0.3) is 0 Å². The number of ether oxygens (including phenoxy) is 1. The minimum Gasteiger partial charge on any atom is -0.477 e. The second-order valence-corrected chi connectivity index (χ2v) is 4.70. The maximum Gasteiger partial charge on any atom is 0.354 e. The number of carbonyl (C=O) groups is 2. The molecule has 1 N–H and O–H groups in total. The summed E-state index contributed by atoms with van der Waals surface area (Å²) in [7, 11) is 0. The van der Waals surface area contributed by atoms with Crippen LogP contribution >= 0.6 is 0 Å². The molecule has 1 aromatic heterocycles. The van der Waals surface area contributed by atoms with Crippen molar-refractivity contribution < 1.29 is 19.4 Å². The number of carbonyl (C=O) groups excluding carboxylic acids is 1. The van der Waals surface area contributed by atoms with Gasteiger partial charge in [0.25, 0.3) is 0 Å². The Morgan fingerprint density at radius 3 is 2.35 bits per heavy atom. The van der Waals surface area contributed by atoms with E-state index in [4.69, 9.17) is 9.84 Å². The van der Waals surface area contributed by atoms with Gasteiger partial charge in [0.05, 0.1) is 5.56 Å². The van der Waals surface area contributed by atoms with Gasteiger partial charge in [-0.05, 0) is 39.3 Å². The van der Waals surface area contributed by atoms with Gasteiger partial charge in [-0.1, -0.05) is 0 Å². The number of nitrogens with zero attached hydrogens (tertiary/aromatic N) is 1. The second-order valence-electron chi connectivity index (χ2n) is 4.70. The number of aromatic carboxylic acids is 1. The Morgan fingerprint density at radius 1 is 1.35 bits per heavy atom. The minimum absolute atomic E-state index is 0.0580. The van der Waals surface area contributed by atoms with Crippen LogP contribution in [0.4, 0.5) is 0 Å². The van der Waals surface area contributed by atoms with E-state index in [-0.39, 0.29) is 11.3 Å². The smallest absolute Gasteiger partial charge is 0.354 e. The van der Waals surface area contributed by atoms with Crippen molar-refractivity contribution in [3.05, 3.63) is 29.1 Å². The monoisotopic (exact) mass is 237 g/mol. The Balaban J connectivity index is 2.98. The number of esters is 1. The predicted octanol–water partition coefficient (Wildman–Crippen LogP) is 2.04. The number of pyridine rings is 1. The van der Waals surface area contributed by atoms with Gasteiger partial charge in [-0.15, -0.1) is 0 Å². The fourth-order valence-corrected chi connectivity index (χ4v) is 1.25. The molecule has 1 heterocycles. The zero-order valence-corrected chi connectivity index (χ0v) is 10.3. The molecule has 0 aromatic carbocycles. The van der Waals surface area contributed by atoms with Crippen LogP contribution in [0.15, 0.2) is 12.3 Å². The van der Waals surface area contributed by atoms with Crippen LogP contribution in [0.1, 0.15) is 47.2 Å². The second kappa shape index (κ2) is 4.53. The molecule has 0 saturated carbocycles. The number of aryl methyl sites for hydroxylation is 1. The number of hydrogen-bond acceptors (Lipinski definition) is 4. The summed E-state index contributed by atoms with van der Waals surface area (Å²) in [5, 5.41) is 8.80. The van der Waals surface area contributed by atoms with Gasteiger partial charge in [0.15, 0.2) is 5.69 Å². The summed E-state index contributed by atoms with van der Waals surface area (Å²) in [5.74, 6) is -1.62. The average molecular weight is 237 g/mol. The van der Waals surface area contributed by atoms with Gasteiger partial charge in [0.2, 0.25) is 0 Å². The zero-order chi connectivity index (χ0) is 13.2. The molecule has 0 saturated heterocycles. The number of carboxylic acids is 1. The standard InChI is InChI=1S/C12H15NO4/c1-7-5-8(6-13-9(7)10(14)15)11(16)17-12(2,3)4/h5-6H,1-4H3,(H,14,15). The van der Waals surface area contributed by atoms with E-state index >= 15 is 0 Å². The van der Waals surface area contributed by atoms with E-state index in [1.54, 1.807) is 27.7 Å². The van der Waals surface area contributed by atoms with Crippen LogP contribution in [-0.2, 0) is 4.74 Å². The molecule has 5 nitrogen and oxygen atoms in total. The van der Waals surface area contributed by atoms with E-state index in [1.165, 1.54) is 12.3 Å². The number of hydrogen-bond donors (Lipinski definition) is 1. The maximum absolute atomic E-state index is 11.7. The van der Waals surface area contributed by atoms with Crippen LogP contribution in [-0.4, -0.2) is 27.6 Å². The van der Waals surface area contributed by atoms with Gasteiger partial charge in [-0.2, -0.15) is 0 Å². The van der Waals surface area contributed by atoms with Crippen molar-refractivity contribution in [2.24, 2.45) is 0 Å². The Morgan fingerprint density at radius 2 is 1.94 bits per heavy atom. The van der Waals surface area contributed by atoms with Crippen LogP contribution in [0.3, 0.4) is 0 Å². The summed E-state index contributed by atoms with van der Waals surface area (Å²) in [6, 6.07) is 1.46. The highest BCUT2D eigenvalue weighted by molar-refractivity contribution is 5.92. The van der Waals surface area contributed by atoms with Crippen molar-refractivity contribution in [3.63, 3.8) is 0 Å². The van der Waals surface area contributed by atoms with E-state index < -0.39 is 17.5 Å². The highest BCUT2D eigenvalue weighted by Crippen LogP contribution is 2.14. The van der Waals surface area contributed by atoms with Crippen molar-refractivity contribution in [3.8, 4) is 0 Å². The quantitative estimate of drug-likeness (QED) is 0.796. The largest absolute Gasteiger partial charge is 0.477 e. The normalized spacial score (nSPS) is 11.1. The first-order valence-corrected chi connectivity index (χ1v) is 5.14. The molecule has 0 aliphatic heterocycles. The molecule has 0 amide bonds. The molecule has 0 spiro atoms. The van der Waals surface area contributed by atoms with Crippen molar-refractivity contribution in [2.75, 3.05) is 0 Å². The molecule has 0 atom stereocenters. The molecule has 0 bridgehead atoms. The Kier molecular flexibility index (Phi) is 3.50.